The summed E-state index contributed by atoms with van der Waals surface area (Å²) in [6, 6.07) is 17.8. The summed E-state index contributed by atoms with van der Waals surface area (Å²) in [6.45, 7) is 2.04. The Bertz CT molecular complexity index is 685. The molecule has 0 amide bonds. The topological polar surface area (TPSA) is 38.1 Å². The van der Waals surface area contributed by atoms with Crippen molar-refractivity contribution in [2.24, 2.45) is 0 Å². The van der Waals surface area contributed by atoms with E-state index >= 15 is 0 Å². The lowest BCUT2D eigenvalue weighted by Crippen LogP contribution is -1.98. The monoisotopic (exact) mass is 250 g/mol. The first-order chi connectivity index (χ1) is 9.25. The molecule has 0 saturated heterocycles. The van der Waals surface area contributed by atoms with Crippen molar-refractivity contribution >= 4 is 0 Å². The average Bonchev–Trinajstić information content (AvgIpc) is 2.83. The zero-order valence-electron chi connectivity index (χ0n) is 10.6. The molecule has 0 radical (unpaired) electrons. The predicted octanol–water partition coefficient (Wildman–Crippen LogP) is 3.55. The van der Waals surface area contributed by atoms with Crippen molar-refractivity contribution in [3.8, 4) is 22.7 Å². The molecule has 0 aliphatic carbocycles. The van der Waals surface area contributed by atoms with Crippen LogP contribution in [0.2, 0.25) is 0 Å². The highest BCUT2D eigenvalue weighted by Gasteiger charge is 2.13. The number of aryl methyl sites for hydroxylation is 1. The summed E-state index contributed by atoms with van der Waals surface area (Å²) in [5, 5.41) is 14.3. The van der Waals surface area contributed by atoms with Gasteiger partial charge in [-0.25, -0.2) is 4.68 Å². The normalized spacial score (nSPS) is 10.6. The molecule has 0 aliphatic heterocycles. The molecule has 3 heteroatoms. The molecule has 2 aromatic carbocycles. The van der Waals surface area contributed by atoms with Crippen LogP contribution in [0.5, 0.6) is 5.75 Å². The fourth-order valence-corrected chi connectivity index (χ4v) is 2.09. The smallest absolute Gasteiger partial charge is 0.162 e. The summed E-state index contributed by atoms with van der Waals surface area (Å²) >= 11 is 0. The highest BCUT2D eigenvalue weighted by atomic mass is 16.3. The van der Waals surface area contributed by atoms with Crippen molar-refractivity contribution in [2.45, 2.75) is 6.92 Å². The Balaban J connectivity index is 2.17. The van der Waals surface area contributed by atoms with E-state index in [1.165, 1.54) is 11.8 Å². The maximum Gasteiger partial charge on any atom is 0.162 e. The molecule has 0 saturated carbocycles. The summed E-state index contributed by atoms with van der Waals surface area (Å²) in [6.07, 6.45) is 1.47. The average molecular weight is 250 g/mol. The third-order valence-electron chi connectivity index (χ3n) is 3.08. The van der Waals surface area contributed by atoms with Crippen LogP contribution in [-0.4, -0.2) is 14.9 Å². The second-order valence-electron chi connectivity index (χ2n) is 4.49. The van der Waals surface area contributed by atoms with Gasteiger partial charge < -0.3 is 5.11 Å². The van der Waals surface area contributed by atoms with Gasteiger partial charge in [-0.05, 0) is 19.1 Å². The van der Waals surface area contributed by atoms with E-state index in [0.717, 1.165) is 11.3 Å². The number of hydrogen-bond acceptors (Lipinski definition) is 2. The van der Waals surface area contributed by atoms with Gasteiger partial charge in [-0.2, -0.15) is 5.10 Å². The van der Waals surface area contributed by atoms with E-state index in [9.17, 15) is 5.11 Å². The first kappa shape index (κ1) is 11.5. The quantitative estimate of drug-likeness (QED) is 0.755. The fraction of sp³-hybridized carbons (Fsp3) is 0.0625. The van der Waals surface area contributed by atoms with Crippen LogP contribution >= 0.6 is 0 Å². The van der Waals surface area contributed by atoms with Crippen molar-refractivity contribution in [3.05, 3.63) is 66.4 Å². The molecule has 19 heavy (non-hydrogen) atoms. The Morgan fingerprint density at radius 2 is 1.63 bits per heavy atom. The fourth-order valence-electron chi connectivity index (χ4n) is 2.09. The zero-order valence-corrected chi connectivity index (χ0v) is 10.6. The van der Waals surface area contributed by atoms with E-state index in [2.05, 4.69) is 5.10 Å². The van der Waals surface area contributed by atoms with E-state index in [4.69, 9.17) is 0 Å². The molecular formula is C16H14N2O. The molecule has 1 N–H and O–H groups in total. The number of nitrogens with zero attached hydrogens (tertiary/aromatic N) is 2. The van der Waals surface area contributed by atoms with Gasteiger partial charge in [-0.3, -0.25) is 0 Å². The molecule has 0 atom stereocenters. The second kappa shape index (κ2) is 4.61. The number of hydrogen-bond donors (Lipinski definition) is 1. The van der Waals surface area contributed by atoms with Crippen LogP contribution in [0.1, 0.15) is 5.56 Å². The SMILES string of the molecule is Cc1ccc(-c2c(O)cnn2-c2ccccc2)cc1. The number of benzene rings is 2. The maximum atomic E-state index is 10.0. The lowest BCUT2D eigenvalue weighted by Gasteiger charge is -2.08. The van der Waals surface area contributed by atoms with Crippen LogP contribution < -0.4 is 0 Å². The van der Waals surface area contributed by atoms with Gasteiger partial charge in [0.05, 0.1) is 11.9 Å². The molecule has 0 spiro atoms. The minimum absolute atomic E-state index is 0.188. The van der Waals surface area contributed by atoms with Gasteiger partial charge >= 0.3 is 0 Å². The molecule has 1 aromatic heterocycles. The Hall–Kier alpha value is -2.55. The number of para-hydroxylation sites is 1. The van der Waals surface area contributed by atoms with E-state index in [-0.39, 0.29) is 5.75 Å². The Kier molecular flexibility index (Phi) is 2.80. The van der Waals surface area contributed by atoms with E-state index in [0.29, 0.717) is 5.69 Å². The van der Waals surface area contributed by atoms with Crippen LogP contribution in [-0.2, 0) is 0 Å². The molecule has 3 rings (SSSR count). The molecular weight excluding hydrogens is 236 g/mol. The predicted molar refractivity (Wildman–Crippen MR) is 75.4 cm³/mol. The van der Waals surface area contributed by atoms with Gasteiger partial charge in [-0.15, -0.1) is 0 Å². The third-order valence-corrected chi connectivity index (χ3v) is 3.08. The van der Waals surface area contributed by atoms with Crippen LogP contribution in [0.4, 0.5) is 0 Å². The van der Waals surface area contributed by atoms with Crippen molar-refractivity contribution in [2.75, 3.05) is 0 Å². The highest BCUT2D eigenvalue weighted by molar-refractivity contribution is 5.68. The third kappa shape index (κ3) is 2.10. The van der Waals surface area contributed by atoms with Gasteiger partial charge in [0.25, 0.3) is 0 Å². The zero-order chi connectivity index (χ0) is 13.2. The van der Waals surface area contributed by atoms with Gasteiger partial charge in [0.2, 0.25) is 0 Å². The molecule has 0 unspecified atom stereocenters. The second-order valence-corrected chi connectivity index (χ2v) is 4.49. The van der Waals surface area contributed by atoms with Crippen LogP contribution in [0, 0.1) is 6.92 Å². The lowest BCUT2D eigenvalue weighted by atomic mass is 10.1. The molecule has 3 nitrogen and oxygen atoms in total. The lowest BCUT2D eigenvalue weighted by molar-refractivity contribution is 0.477. The van der Waals surface area contributed by atoms with Gasteiger partial charge in [0.1, 0.15) is 5.69 Å². The van der Waals surface area contributed by atoms with Crippen molar-refractivity contribution in [3.63, 3.8) is 0 Å². The molecule has 94 valence electrons. The first-order valence-electron chi connectivity index (χ1n) is 6.15. The number of rotatable bonds is 2. The Morgan fingerprint density at radius 3 is 2.32 bits per heavy atom. The van der Waals surface area contributed by atoms with Crippen molar-refractivity contribution < 1.29 is 5.11 Å². The van der Waals surface area contributed by atoms with Gasteiger partial charge in [-0.1, -0.05) is 48.0 Å². The van der Waals surface area contributed by atoms with Gasteiger partial charge in [0, 0.05) is 5.56 Å². The molecule has 0 bridgehead atoms. The summed E-state index contributed by atoms with van der Waals surface area (Å²) in [4.78, 5) is 0. The Morgan fingerprint density at radius 1 is 0.947 bits per heavy atom. The number of aromatic hydroxyl groups is 1. The van der Waals surface area contributed by atoms with Gasteiger partial charge in [0.15, 0.2) is 5.75 Å². The molecule has 0 aliphatic rings. The summed E-state index contributed by atoms with van der Waals surface area (Å²) in [5.41, 5.74) is 3.78. The minimum Gasteiger partial charge on any atom is -0.504 e. The largest absolute Gasteiger partial charge is 0.504 e. The summed E-state index contributed by atoms with van der Waals surface area (Å²) < 4.78 is 1.75. The standard InChI is InChI=1S/C16H14N2O/c1-12-7-9-13(10-8-12)16-15(19)11-17-18(16)14-5-3-2-4-6-14/h2-11,19H,1H3. The summed E-state index contributed by atoms with van der Waals surface area (Å²) in [5.74, 6) is 0.188. The molecule has 0 fully saturated rings. The minimum atomic E-state index is 0.188. The van der Waals surface area contributed by atoms with Crippen molar-refractivity contribution in [1.82, 2.24) is 9.78 Å². The number of aromatic nitrogens is 2. The van der Waals surface area contributed by atoms with Crippen molar-refractivity contribution in [1.29, 1.82) is 0 Å². The maximum absolute atomic E-state index is 10.0. The van der Waals surface area contributed by atoms with E-state index in [1.54, 1.807) is 4.68 Å². The van der Waals surface area contributed by atoms with E-state index < -0.39 is 0 Å². The Labute approximate surface area is 111 Å². The first-order valence-corrected chi connectivity index (χ1v) is 6.15. The van der Waals surface area contributed by atoms with Crippen LogP contribution in [0.15, 0.2) is 60.8 Å². The summed E-state index contributed by atoms with van der Waals surface area (Å²) in [7, 11) is 0. The molecule has 1 heterocycles. The van der Waals surface area contributed by atoms with Crippen LogP contribution in [0.3, 0.4) is 0 Å². The highest BCUT2D eigenvalue weighted by Crippen LogP contribution is 2.31. The van der Waals surface area contributed by atoms with E-state index in [1.807, 2.05) is 61.5 Å². The molecule has 3 aromatic rings. The van der Waals surface area contributed by atoms with Crippen LogP contribution in [0.25, 0.3) is 16.9 Å².